The quantitative estimate of drug-likeness (QED) is 0.865. The zero-order valence-electron chi connectivity index (χ0n) is 14.7. The molecule has 0 spiro atoms. The number of benzene rings is 2. The number of anilines is 1. The molecule has 2 aromatic rings. The summed E-state index contributed by atoms with van der Waals surface area (Å²) < 4.78 is 0. The highest BCUT2D eigenvalue weighted by molar-refractivity contribution is 5.88. The minimum absolute atomic E-state index is 0. The van der Waals surface area contributed by atoms with E-state index in [4.69, 9.17) is 0 Å². The number of likely N-dealkylation sites (tertiary alicyclic amines) is 1. The van der Waals surface area contributed by atoms with Crippen molar-refractivity contribution in [3.8, 4) is 0 Å². The van der Waals surface area contributed by atoms with Crippen LogP contribution >= 0.6 is 12.4 Å². The molecule has 0 radical (unpaired) electrons. The van der Waals surface area contributed by atoms with Gasteiger partial charge in [0, 0.05) is 30.5 Å². The van der Waals surface area contributed by atoms with E-state index in [9.17, 15) is 4.79 Å². The van der Waals surface area contributed by atoms with E-state index in [0.29, 0.717) is 17.9 Å². The molecule has 4 heteroatoms. The Morgan fingerprint density at radius 1 is 1.08 bits per heavy atom. The molecule has 0 aromatic heterocycles. The van der Waals surface area contributed by atoms with Gasteiger partial charge in [0.15, 0.2) is 0 Å². The summed E-state index contributed by atoms with van der Waals surface area (Å²) in [5.74, 6) is 1.09. The van der Waals surface area contributed by atoms with Crippen molar-refractivity contribution in [2.45, 2.75) is 37.6 Å². The van der Waals surface area contributed by atoms with Crippen LogP contribution in [0.4, 0.5) is 5.69 Å². The molecule has 3 atom stereocenters. The first kappa shape index (κ1) is 18.0. The van der Waals surface area contributed by atoms with E-state index in [1.807, 2.05) is 12.1 Å². The van der Waals surface area contributed by atoms with Gasteiger partial charge in [0.25, 0.3) is 0 Å². The minimum atomic E-state index is -0.0267. The van der Waals surface area contributed by atoms with Crippen LogP contribution in [0.3, 0.4) is 0 Å². The van der Waals surface area contributed by atoms with Crippen molar-refractivity contribution in [3.63, 3.8) is 0 Å². The number of carbonyl (C=O) groups excluding carboxylic acids is 1. The fraction of sp³-hybridized carbons (Fsp3) is 0.381. The average molecular weight is 357 g/mol. The zero-order valence-corrected chi connectivity index (χ0v) is 15.6. The van der Waals surface area contributed by atoms with Crippen LogP contribution in [0.5, 0.6) is 0 Å². The van der Waals surface area contributed by atoms with Gasteiger partial charge in [-0.25, -0.2) is 0 Å². The lowest BCUT2D eigenvalue weighted by Crippen LogP contribution is -2.34. The van der Waals surface area contributed by atoms with Crippen LogP contribution in [0, 0.1) is 0 Å². The highest BCUT2D eigenvalue weighted by atomic mass is 35.5. The normalized spacial score (nSPS) is 24.8. The van der Waals surface area contributed by atoms with Gasteiger partial charge in [0.2, 0.25) is 5.91 Å². The average Bonchev–Trinajstić information content (AvgIpc) is 2.96. The third-order valence-electron chi connectivity index (χ3n) is 5.70. The lowest BCUT2D eigenvalue weighted by Gasteiger charge is -2.37. The number of nitrogens with zero attached hydrogens (tertiary/aromatic N) is 1. The minimum Gasteiger partial charge on any atom is -0.326 e. The van der Waals surface area contributed by atoms with Gasteiger partial charge >= 0.3 is 0 Å². The van der Waals surface area contributed by atoms with Gasteiger partial charge in [0.1, 0.15) is 0 Å². The van der Waals surface area contributed by atoms with Crippen LogP contribution in [0.15, 0.2) is 48.5 Å². The van der Waals surface area contributed by atoms with Crippen LogP contribution in [0.1, 0.15) is 48.3 Å². The van der Waals surface area contributed by atoms with Gasteiger partial charge in [-0.1, -0.05) is 36.4 Å². The van der Waals surface area contributed by atoms with E-state index < -0.39 is 0 Å². The van der Waals surface area contributed by atoms with Crippen molar-refractivity contribution in [1.82, 2.24) is 4.90 Å². The van der Waals surface area contributed by atoms with Crippen molar-refractivity contribution in [1.29, 1.82) is 0 Å². The van der Waals surface area contributed by atoms with Gasteiger partial charge in [-0.15, -0.1) is 12.4 Å². The molecule has 1 amide bonds. The fourth-order valence-corrected chi connectivity index (χ4v) is 4.57. The van der Waals surface area contributed by atoms with Crippen molar-refractivity contribution >= 4 is 24.0 Å². The van der Waals surface area contributed by atoms with E-state index in [-0.39, 0.29) is 18.3 Å². The first-order valence-corrected chi connectivity index (χ1v) is 8.80. The van der Waals surface area contributed by atoms with E-state index in [1.165, 1.54) is 36.1 Å². The topological polar surface area (TPSA) is 32.3 Å². The zero-order chi connectivity index (χ0) is 16.7. The maximum absolute atomic E-state index is 11.2. The predicted molar refractivity (Wildman–Crippen MR) is 105 cm³/mol. The molecule has 0 bridgehead atoms. The Hall–Kier alpha value is -1.84. The maximum Gasteiger partial charge on any atom is 0.221 e. The molecule has 4 rings (SSSR count). The molecular formula is C21H25ClN2O. The van der Waals surface area contributed by atoms with Crippen molar-refractivity contribution in [3.05, 3.63) is 65.2 Å². The Kier molecular flexibility index (Phi) is 5.16. The largest absolute Gasteiger partial charge is 0.326 e. The van der Waals surface area contributed by atoms with E-state index >= 15 is 0 Å². The van der Waals surface area contributed by atoms with Crippen molar-refractivity contribution in [2.75, 3.05) is 18.9 Å². The summed E-state index contributed by atoms with van der Waals surface area (Å²) in [6, 6.07) is 18.0. The number of hydrogen-bond acceptors (Lipinski definition) is 2. The number of likely N-dealkylation sites (N-methyl/N-ethyl adjacent to an activating group) is 1. The second kappa shape index (κ2) is 7.19. The van der Waals surface area contributed by atoms with Crippen LogP contribution in [-0.4, -0.2) is 30.4 Å². The second-order valence-corrected chi connectivity index (χ2v) is 7.16. The molecule has 2 aromatic carbocycles. The molecule has 25 heavy (non-hydrogen) atoms. The number of fused-ring (bicyclic) bond motifs is 3. The van der Waals surface area contributed by atoms with E-state index in [2.05, 4.69) is 53.7 Å². The Bertz CT molecular complexity index is 759. The monoisotopic (exact) mass is 356 g/mol. The van der Waals surface area contributed by atoms with Gasteiger partial charge in [-0.3, -0.25) is 4.79 Å². The Morgan fingerprint density at radius 2 is 1.76 bits per heavy atom. The van der Waals surface area contributed by atoms with Crippen LogP contribution in [0.2, 0.25) is 0 Å². The summed E-state index contributed by atoms with van der Waals surface area (Å²) in [4.78, 5) is 13.7. The van der Waals surface area contributed by atoms with Gasteiger partial charge in [-0.2, -0.15) is 0 Å². The fourth-order valence-electron chi connectivity index (χ4n) is 4.57. The van der Waals surface area contributed by atoms with Gasteiger partial charge < -0.3 is 10.2 Å². The molecule has 0 saturated carbocycles. The van der Waals surface area contributed by atoms with E-state index in [0.717, 1.165) is 5.69 Å². The summed E-state index contributed by atoms with van der Waals surface area (Å²) in [6.07, 6.45) is 2.45. The first-order valence-electron chi connectivity index (χ1n) is 8.80. The number of rotatable bonds is 2. The molecule has 1 aliphatic carbocycles. The standard InChI is InChI=1S/C21H24N2O.ClH/c1-14(24)22-16-9-7-15(8-10-16)20-13-21-19(11-12-23(21)2)17-5-3-4-6-18(17)20;/h3-10,19-21H,11-13H2,1-2H3,(H,22,24);1H/t19-,20+,21+;/m1./s1. The summed E-state index contributed by atoms with van der Waals surface area (Å²) in [7, 11) is 2.26. The molecule has 1 aliphatic heterocycles. The third-order valence-corrected chi connectivity index (χ3v) is 5.70. The predicted octanol–water partition coefficient (Wildman–Crippen LogP) is 4.39. The number of amides is 1. The second-order valence-electron chi connectivity index (χ2n) is 7.16. The number of nitrogens with one attached hydrogen (secondary N) is 1. The lowest BCUT2D eigenvalue weighted by molar-refractivity contribution is -0.114. The van der Waals surface area contributed by atoms with Gasteiger partial charge in [0.05, 0.1) is 0 Å². The maximum atomic E-state index is 11.2. The Labute approximate surface area is 155 Å². The third kappa shape index (κ3) is 3.31. The molecule has 0 unspecified atom stereocenters. The smallest absolute Gasteiger partial charge is 0.221 e. The lowest BCUT2D eigenvalue weighted by atomic mass is 9.71. The van der Waals surface area contributed by atoms with Crippen LogP contribution in [0.25, 0.3) is 0 Å². The van der Waals surface area contributed by atoms with Gasteiger partial charge in [-0.05, 0) is 55.3 Å². The van der Waals surface area contributed by atoms with Crippen LogP contribution < -0.4 is 5.32 Å². The van der Waals surface area contributed by atoms with E-state index in [1.54, 1.807) is 6.92 Å². The highest BCUT2D eigenvalue weighted by Crippen LogP contribution is 2.47. The summed E-state index contributed by atoms with van der Waals surface area (Å²) >= 11 is 0. The number of halogens is 1. The number of carbonyl (C=O) groups is 1. The van der Waals surface area contributed by atoms with Crippen molar-refractivity contribution < 1.29 is 4.79 Å². The molecule has 3 nitrogen and oxygen atoms in total. The highest BCUT2D eigenvalue weighted by Gasteiger charge is 2.40. The first-order chi connectivity index (χ1) is 11.6. The molecule has 1 saturated heterocycles. The summed E-state index contributed by atoms with van der Waals surface area (Å²) in [5.41, 5.74) is 5.23. The Morgan fingerprint density at radius 3 is 2.44 bits per heavy atom. The summed E-state index contributed by atoms with van der Waals surface area (Å²) in [6.45, 7) is 2.74. The molecular weight excluding hydrogens is 332 g/mol. The molecule has 2 aliphatic rings. The molecule has 132 valence electrons. The van der Waals surface area contributed by atoms with Crippen molar-refractivity contribution in [2.24, 2.45) is 0 Å². The molecule has 1 heterocycles. The molecule has 1 N–H and O–H groups in total. The molecule has 1 fully saturated rings. The Balaban J connectivity index is 0.00000182. The SMILES string of the molecule is CC(=O)Nc1ccc([C@@H]2C[C@H]3[C@H](CCN3C)c3ccccc32)cc1.Cl. The summed E-state index contributed by atoms with van der Waals surface area (Å²) in [5, 5.41) is 2.85. The number of hydrogen-bond donors (Lipinski definition) is 1. The van der Waals surface area contributed by atoms with Crippen LogP contribution in [-0.2, 0) is 4.79 Å².